The zero-order valence-electron chi connectivity index (χ0n) is 11.0. The fraction of sp³-hybridized carbons (Fsp3) is 0.333. The van der Waals surface area contributed by atoms with Gasteiger partial charge in [-0.05, 0) is 35.9 Å². The molecule has 1 N–H and O–H groups in total. The highest BCUT2D eigenvalue weighted by molar-refractivity contribution is 5.42. The van der Waals surface area contributed by atoms with E-state index in [1.54, 1.807) is 12.4 Å². The Bertz CT molecular complexity index is 557. The van der Waals surface area contributed by atoms with Crippen LogP contribution in [0.15, 0.2) is 36.7 Å². The van der Waals surface area contributed by atoms with Crippen molar-refractivity contribution < 1.29 is 4.74 Å². The van der Waals surface area contributed by atoms with E-state index in [9.17, 15) is 0 Å². The molecule has 4 nitrogen and oxygen atoms in total. The molecule has 0 aliphatic carbocycles. The van der Waals surface area contributed by atoms with Gasteiger partial charge >= 0.3 is 0 Å². The number of aromatic nitrogens is 2. The minimum Gasteiger partial charge on any atom is -0.493 e. The summed E-state index contributed by atoms with van der Waals surface area (Å²) in [5, 5.41) is 3.44. The fourth-order valence-electron chi connectivity index (χ4n) is 2.41. The maximum absolute atomic E-state index is 5.55. The zero-order valence-corrected chi connectivity index (χ0v) is 11.0. The Morgan fingerprint density at radius 3 is 2.95 bits per heavy atom. The molecule has 1 aliphatic heterocycles. The number of fused-ring (bicyclic) bond motifs is 1. The molecule has 0 fully saturated rings. The SMILES string of the molecule is CCNC(c1ccc2c(c1)CCO2)c1ncccn1. The number of hydrogen-bond donors (Lipinski definition) is 1. The molecule has 1 unspecified atom stereocenters. The van der Waals surface area contributed by atoms with Crippen molar-refractivity contribution in [2.24, 2.45) is 0 Å². The highest BCUT2D eigenvalue weighted by Crippen LogP contribution is 2.29. The van der Waals surface area contributed by atoms with Gasteiger partial charge in [0.1, 0.15) is 11.6 Å². The van der Waals surface area contributed by atoms with E-state index in [1.807, 2.05) is 12.1 Å². The lowest BCUT2D eigenvalue weighted by molar-refractivity contribution is 0.357. The first-order valence-corrected chi connectivity index (χ1v) is 6.64. The van der Waals surface area contributed by atoms with Gasteiger partial charge in [0, 0.05) is 18.8 Å². The van der Waals surface area contributed by atoms with Gasteiger partial charge in [-0.2, -0.15) is 0 Å². The smallest absolute Gasteiger partial charge is 0.149 e. The lowest BCUT2D eigenvalue weighted by Crippen LogP contribution is -2.24. The van der Waals surface area contributed by atoms with Gasteiger partial charge in [0.2, 0.25) is 0 Å². The van der Waals surface area contributed by atoms with Crippen molar-refractivity contribution in [3.05, 3.63) is 53.6 Å². The number of nitrogens with zero attached hydrogens (tertiary/aromatic N) is 2. The third-order valence-corrected chi connectivity index (χ3v) is 3.30. The lowest BCUT2D eigenvalue weighted by Gasteiger charge is -2.17. The van der Waals surface area contributed by atoms with E-state index < -0.39 is 0 Å². The Labute approximate surface area is 112 Å². The van der Waals surface area contributed by atoms with Crippen LogP contribution in [0.25, 0.3) is 0 Å². The van der Waals surface area contributed by atoms with Gasteiger partial charge in [0.25, 0.3) is 0 Å². The molecule has 0 radical (unpaired) electrons. The summed E-state index contributed by atoms with van der Waals surface area (Å²) < 4.78 is 5.55. The molecule has 2 aromatic rings. The molecule has 98 valence electrons. The molecule has 19 heavy (non-hydrogen) atoms. The average Bonchev–Trinajstić information content (AvgIpc) is 2.93. The van der Waals surface area contributed by atoms with Crippen molar-refractivity contribution in [1.29, 1.82) is 0 Å². The quantitative estimate of drug-likeness (QED) is 0.909. The Morgan fingerprint density at radius 2 is 2.16 bits per heavy atom. The van der Waals surface area contributed by atoms with Crippen LogP contribution >= 0.6 is 0 Å². The van der Waals surface area contributed by atoms with E-state index >= 15 is 0 Å². The van der Waals surface area contributed by atoms with Crippen molar-refractivity contribution in [2.75, 3.05) is 13.2 Å². The molecule has 0 saturated carbocycles. The summed E-state index contributed by atoms with van der Waals surface area (Å²) in [6.07, 6.45) is 4.55. The van der Waals surface area contributed by atoms with Gasteiger partial charge in [0.15, 0.2) is 0 Å². The van der Waals surface area contributed by atoms with Crippen molar-refractivity contribution >= 4 is 0 Å². The highest BCUT2D eigenvalue weighted by atomic mass is 16.5. The number of rotatable bonds is 4. The van der Waals surface area contributed by atoms with Gasteiger partial charge in [-0.1, -0.05) is 13.0 Å². The van der Waals surface area contributed by atoms with E-state index in [4.69, 9.17) is 4.74 Å². The molecular weight excluding hydrogens is 238 g/mol. The second-order valence-corrected chi connectivity index (χ2v) is 4.56. The summed E-state index contributed by atoms with van der Waals surface area (Å²) in [6, 6.07) is 8.21. The largest absolute Gasteiger partial charge is 0.493 e. The zero-order chi connectivity index (χ0) is 13.1. The van der Waals surface area contributed by atoms with Gasteiger partial charge in [0.05, 0.1) is 12.6 Å². The van der Waals surface area contributed by atoms with Gasteiger partial charge in [-0.3, -0.25) is 0 Å². The van der Waals surface area contributed by atoms with Crippen molar-refractivity contribution in [2.45, 2.75) is 19.4 Å². The fourth-order valence-corrected chi connectivity index (χ4v) is 2.41. The number of benzene rings is 1. The van der Waals surface area contributed by atoms with Crippen LogP contribution in [0.3, 0.4) is 0 Å². The molecular formula is C15H17N3O. The standard InChI is InChI=1S/C15H17N3O/c1-2-16-14(15-17-7-3-8-18-15)12-4-5-13-11(10-12)6-9-19-13/h3-5,7-8,10,14,16H,2,6,9H2,1H3. The van der Waals surface area contributed by atoms with Crippen LogP contribution in [0.4, 0.5) is 0 Å². The molecule has 0 amide bonds. The van der Waals surface area contributed by atoms with E-state index in [1.165, 1.54) is 11.1 Å². The predicted molar refractivity (Wildman–Crippen MR) is 73.2 cm³/mol. The summed E-state index contributed by atoms with van der Waals surface area (Å²) in [5.74, 6) is 1.82. The van der Waals surface area contributed by atoms with Gasteiger partial charge < -0.3 is 10.1 Å². The van der Waals surface area contributed by atoms with Crippen LogP contribution in [0.1, 0.15) is 29.9 Å². The molecule has 1 aliphatic rings. The molecule has 2 heterocycles. The minimum atomic E-state index is 0.0390. The second kappa shape index (κ2) is 5.36. The molecule has 4 heteroatoms. The molecule has 3 rings (SSSR count). The average molecular weight is 255 g/mol. The molecule has 0 saturated heterocycles. The number of hydrogen-bond acceptors (Lipinski definition) is 4. The first-order chi connectivity index (χ1) is 9.38. The molecule has 1 atom stereocenters. The summed E-state index contributed by atoms with van der Waals surface area (Å²) in [7, 11) is 0. The monoisotopic (exact) mass is 255 g/mol. The van der Waals surface area contributed by atoms with Crippen LogP contribution in [0.2, 0.25) is 0 Å². The highest BCUT2D eigenvalue weighted by Gasteiger charge is 2.19. The summed E-state index contributed by atoms with van der Waals surface area (Å²) in [5.41, 5.74) is 2.47. The van der Waals surface area contributed by atoms with Crippen LogP contribution in [-0.4, -0.2) is 23.1 Å². The van der Waals surface area contributed by atoms with Crippen LogP contribution in [0, 0.1) is 0 Å². The third-order valence-electron chi connectivity index (χ3n) is 3.30. The van der Waals surface area contributed by atoms with E-state index in [0.717, 1.165) is 31.1 Å². The Hall–Kier alpha value is -1.94. The van der Waals surface area contributed by atoms with Crippen LogP contribution in [-0.2, 0) is 6.42 Å². The van der Waals surface area contributed by atoms with Gasteiger partial charge in [-0.25, -0.2) is 9.97 Å². The van der Waals surface area contributed by atoms with Crippen LogP contribution in [0.5, 0.6) is 5.75 Å². The summed E-state index contributed by atoms with van der Waals surface area (Å²) >= 11 is 0. The maximum atomic E-state index is 5.55. The lowest BCUT2D eigenvalue weighted by atomic mass is 10.0. The summed E-state index contributed by atoms with van der Waals surface area (Å²) in [6.45, 7) is 3.75. The Morgan fingerprint density at radius 1 is 1.32 bits per heavy atom. The van der Waals surface area contributed by atoms with Crippen molar-refractivity contribution in [3.8, 4) is 5.75 Å². The first-order valence-electron chi connectivity index (χ1n) is 6.64. The van der Waals surface area contributed by atoms with E-state index in [2.05, 4.69) is 34.3 Å². The predicted octanol–water partition coefficient (Wildman–Crippen LogP) is 2.11. The summed E-state index contributed by atoms with van der Waals surface area (Å²) in [4.78, 5) is 8.73. The number of nitrogens with one attached hydrogen (secondary N) is 1. The van der Waals surface area contributed by atoms with Crippen molar-refractivity contribution in [1.82, 2.24) is 15.3 Å². The molecule has 0 spiro atoms. The van der Waals surface area contributed by atoms with Crippen molar-refractivity contribution in [3.63, 3.8) is 0 Å². The first kappa shape index (κ1) is 12.1. The minimum absolute atomic E-state index is 0.0390. The molecule has 0 bridgehead atoms. The molecule has 1 aromatic carbocycles. The second-order valence-electron chi connectivity index (χ2n) is 4.56. The molecule has 1 aromatic heterocycles. The maximum Gasteiger partial charge on any atom is 0.149 e. The van der Waals surface area contributed by atoms with E-state index in [0.29, 0.717) is 0 Å². The van der Waals surface area contributed by atoms with Crippen LogP contribution < -0.4 is 10.1 Å². The normalized spacial score (nSPS) is 14.8. The number of ether oxygens (including phenoxy) is 1. The van der Waals surface area contributed by atoms with Gasteiger partial charge in [-0.15, -0.1) is 0 Å². The third kappa shape index (κ3) is 2.44. The Kier molecular flexibility index (Phi) is 3.42. The topological polar surface area (TPSA) is 47.0 Å². The Balaban J connectivity index is 1.96. The van der Waals surface area contributed by atoms with E-state index in [-0.39, 0.29) is 6.04 Å².